The van der Waals surface area contributed by atoms with E-state index in [1.807, 2.05) is 0 Å². The van der Waals surface area contributed by atoms with Gasteiger partial charge in [0.1, 0.15) is 11.4 Å². The van der Waals surface area contributed by atoms with Crippen molar-refractivity contribution in [3.63, 3.8) is 0 Å². The van der Waals surface area contributed by atoms with Crippen molar-refractivity contribution in [2.75, 3.05) is 13.2 Å². The highest BCUT2D eigenvalue weighted by molar-refractivity contribution is 6.07. The molecule has 0 spiro atoms. The van der Waals surface area contributed by atoms with E-state index in [0.29, 0.717) is 12.4 Å². The van der Waals surface area contributed by atoms with E-state index >= 15 is 0 Å². The van der Waals surface area contributed by atoms with E-state index in [9.17, 15) is 18.4 Å². The molecule has 0 aromatic heterocycles. The number of allylic oxidation sites excluding steroid dienone is 1. The second kappa shape index (κ2) is 16.9. The van der Waals surface area contributed by atoms with Crippen LogP contribution in [0.3, 0.4) is 0 Å². The molecule has 6 nitrogen and oxygen atoms in total. The Morgan fingerprint density at radius 2 is 1.76 bits per heavy atom. The van der Waals surface area contributed by atoms with Crippen molar-refractivity contribution in [3.05, 3.63) is 41.1 Å². The highest BCUT2D eigenvalue weighted by Crippen LogP contribution is 2.35. The molecule has 0 amide bonds. The summed E-state index contributed by atoms with van der Waals surface area (Å²) in [5, 5.41) is 0. The molecule has 37 heavy (non-hydrogen) atoms. The van der Waals surface area contributed by atoms with E-state index in [1.165, 1.54) is 13.0 Å². The lowest BCUT2D eigenvalue weighted by molar-refractivity contribution is -0.138. The number of nitrogens with two attached hydrogens (primary N) is 1. The van der Waals surface area contributed by atoms with Gasteiger partial charge in [0.05, 0.1) is 24.8 Å². The Labute approximate surface area is 220 Å². The highest BCUT2D eigenvalue weighted by Gasteiger charge is 2.29. The van der Waals surface area contributed by atoms with Gasteiger partial charge in [0.25, 0.3) is 5.92 Å². The van der Waals surface area contributed by atoms with Crippen molar-refractivity contribution in [2.45, 2.75) is 104 Å². The number of benzene rings is 1. The second-order valence-corrected chi connectivity index (χ2v) is 9.34. The van der Waals surface area contributed by atoms with Crippen LogP contribution in [0.4, 0.5) is 8.78 Å². The fourth-order valence-corrected chi connectivity index (χ4v) is 4.02. The number of hydrogen-bond acceptors (Lipinski definition) is 6. The Bertz CT molecular complexity index is 923. The van der Waals surface area contributed by atoms with Gasteiger partial charge in [-0.05, 0) is 64.5 Å². The third kappa shape index (κ3) is 11.9. The van der Waals surface area contributed by atoms with Crippen molar-refractivity contribution >= 4 is 17.5 Å². The first-order chi connectivity index (χ1) is 17.5. The maximum atomic E-state index is 13.5. The number of unbranched alkanes of at least 4 members (excludes halogenated alkanes) is 1. The summed E-state index contributed by atoms with van der Waals surface area (Å²) in [6.07, 6.45) is 8.50. The van der Waals surface area contributed by atoms with Crippen molar-refractivity contribution in [2.24, 2.45) is 10.7 Å². The lowest BCUT2D eigenvalue weighted by atomic mass is 9.91. The molecule has 1 fully saturated rings. The number of carbonyl (C=O) groups is 2. The molecule has 0 heterocycles. The van der Waals surface area contributed by atoms with Gasteiger partial charge in [0, 0.05) is 18.2 Å². The third-order valence-corrected chi connectivity index (χ3v) is 5.90. The Morgan fingerprint density at radius 3 is 2.35 bits per heavy atom. The first kappa shape index (κ1) is 32.3. The van der Waals surface area contributed by atoms with E-state index in [0.717, 1.165) is 76.0 Å². The van der Waals surface area contributed by atoms with Crippen molar-refractivity contribution < 1.29 is 27.8 Å². The number of carbonyl (C=O) groups excluding carboxylic acids is 2. The zero-order valence-corrected chi connectivity index (χ0v) is 23.1. The van der Waals surface area contributed by atoms with E-state index in [4.69, 9.17) is 15.2 Å². The molecule has 1 aromatic rings. The second-order valence-electron chi connectivity index (χ2n) is 9.34. The minimum atomic E-state index is -2.86. The number of nitrogens with zero attached hydrogens (tertiary/aromatic N) is 1. The number of ketones is 1. The number of hydrogen-bond donors (Lipinski definition) is 1. The highest BCUT2D eigenvalue weighted by atomic mass is 19.3. The Balaban J connectivity index is 0.000000371. The Morgan fingerprint density at radius 1 is 1.08 bits per heavy atom. The van der Waals surface area contributed by atoms with Gasteiger partial charge in [0.15, 0.2) is 5.78 Å². The summed E-state index contributed by atoms with van der Waals surface area (Å²) in [6.45, 7) is 8.80. The number of para-hydroxylation sites is 1. The van der Waals surface area contributed by atoms with Crippen LogP contribution in [0.25, 0.3) is 0 Å². The number of aliphatic imine (C=N–C) groups is 1. The minimum Gasteiger partial charge on any atom is -0.490 e. The number of Topliss-reactive ketones (excluding diaryl/α,β-unsaturated/α-hetero) is 1. The van der Waals surface area contributed by atoms with Gasteiger partial charge in [0.2, 0.25) is 0 Å². The topological polar surface area (TPSA) is 91.0 Å². The fraction of sp³-hybridized carbons (Fsp3) is 0.621. The molecule has 0 saturated heterocycles. The van der Waals surface area contributed by atoms with Gasteiger partial charge in [-0.15, -0.1) is 0 Å². The van der Waals surface area contributed by atoms with Crippen molar-refractivity contribution in [1.82, 2.24) is 0 Å². The van der Waals surface area contributed by atoms with Crippen LogP contribution in [0.1, 0.15) is 98.0 Å². The average molecular weight is 523 g/mol. The molecule has 1 unspecified atom stereocenters. The van der Waals surface area contributed by atoms with E-state index in [-0.39, 0.29) is 29.7 Å². The van der Waals surface area contributed by atoms with Gasteiger partial charge >= 0.3 is 5.97 Å². The lowest BCUT2D eigenvalue weighted by Crippen LogP contribution is -2.23. The molecule has 2 N–H and O–H groups in total. The summed E-state index contributed by atoms with van der Waals surface area (Å²) in [5.41, 5.74) is 7.46. The van der Waals surface area contributed by atoms with Crippen LogP contribution >= 0.6 is 0 Å². The zero-order valence-electron chi connectivity index (χ0n) is 23.1. The van der Waals surface area contributed by atoms with Crippen LogP contribution in [0.2, 0.25) is 0 Å². The lowest BCUT2D eigenvalue weighted by Gasteiger charge is -2.22. The van der Waals surface area contributed by atoms with Gasteiger partial charge < -0.3 is 15.2 Å². The largest absolute Gasteiger partial charge is 0.490 e. The summed E-state index contributed by atoms with van der Waals surface area (Å²) in [4.78, 5) is 26.8. The normalized spacial score (nSPS) is 16.9. The Hall–Kier alpha value is -2.77. The SMILES string of the molecule is CCCCC(CCC)Oc1ccccc1C(C)(F)F.CCOC(=O)/C(N)=C1\CCCCC1=NCC(C)=O. The third-order valence-electron chi connectivity index (χ3n) is 5.90. The molecule has 208 valence electrons. The number of halogens is 2. The van der Waals surface area contributed by atoms with Crippen LogP contribution < -0.4 is 10.5 Å². The molecule has 0 bridgehead atoms. The maximum absolute atomic E-state index is 13.5. The average Bonchev–Trinajstić information content (AvgIpc) is 2.86. The number of ether oxygens (including phenoxy) is 2. The molecule has 1 aliphatic rings. The summed E-state index contributed by atoms with van der Waals surface area (Å²) in [6, 6.07) is 6.45. The van der Waals surface area contributed by atoms with Crippen LogP contribution in [-0.2, 0) is 20.2 Å². The molecule has 1 atom stereocenters. The van der Waals surface area contributed by atoms with Gasteiger partial charge in [-0.3, -0.25) is 9.79 Å². The van der Waals surface area contributed by atoms with Crippen LogP contribution in [0.5, 0.6) is 5.75 Å². The van der Waals surface area contributed by atoms with Gasteiger partial charge in [-0.1, -0.05) is 45.2 Å². The molecular weight excluding hydrogens is 478 g/mol. The van der Waals surface area contributed by atoms with E-state index in [2.05, 4.69) is 18.8 Å². The monoisotopic (exact) mass is 522 g/mol. The van der Waals surface area contributed by atoms with E-state index in [1.54, 1.807) is 25.1 Å². The smallest absolute Gasteiger partial charge is 0.354 e. The van der Waals surface area contributed by atoms with Crippen molar-refractivity contribution in [3.8, 4) is 5.75 Å². The summed E-state index contributed by atoms with van der Waals surface area (Å²) in [7, 11) is 0. The molecule has 8 heteroatoms. The standard InChI is InChI=1S/C16H24F2O.C13H20N2O3/c1-4-6-10-13(9-5-2)19-15-12-8-7-11-14(15)16(3,17)18;1-3-18-13(17)12(14)10-6-4-5-7-11(10)15-8-9(2)16/h7-8,11-13H,4-6,9-10H2,1-3H3;3-8,14H2,1-2H3/b;12-10-,15-11?. The van der Waals surface area contributed by atoms with Crippen LogP contribution in [-0.4, -0.2) is 36.7 Å². The first-order valence-electron chi connectivity index (χ1n) is 13.4. The fourth-order valence-electron chi connectivity index (χ4n) is 4.02. The molecule has 2 rings (SSSR count). The molecule has 1 aromatic carbocycles. The summed E-state index contributed by atoms with van der Waals surface area (Å²) >= 11 is 0. The molecule has 0 aliphatic heterocycles. The quantitative estimate of drug-likeness (QED) is 0.238. The van der Waals surface area contributed by atoms with Crippen molar-refractivity contribution in [1.29, 1.82) is 0 Å². The summed E-state index contributed by atoms with van der Waals surface area (Å²) < 4.78 is 37.8. The molecular formula is C29H44F2N2O4. The molecule has 0 radical (unpaired) electrons. The van der Waals surface area contributed by atoms with E-state index < -0.39 is 11.9 Å². The summed E-state index contributed by atoms with van der Waals surface area (Å²) in [5.74, 6) is -3.03. The van der Waals surface area contributed by atoms with Crippen LogP contribution in [0, 0.1) is 0 Å². The first-order valence-corrected chi connectivity index (χ1v) is 13.4. The van der Waals surface area contributed by atoms with Gasteiger partial charge in [-0.2, -0.15) is 0 Å². The van der Waals surface area contributed by atoms with Gasteiger partial charge in [-0.25, -0.2) is 13.6 Å². The number of alkyl halides is 2. The maximum Gasteiger partial charge on any atom is 0.354 e. The molecule has 1 saturated carbocycles. The Kier molecular flexibility index (Phi) is 14.7. The molecule has 1 aliphatic carbocycles. The number of rotatable bonds is 12. The zero-order chi connectivity index (χ0) is 27.8. The minimum absolute atomic E-state index is 0.00197. The predicted octanol–water partition coefficient (Wildman–Crippen LogP) is 6.90. The van der Waals surface area contributed by atoms with Crippen LogP contribution in [0.15, 0.2) is 40.5 Å². The number of esters is 1. The predicted molar refractivity (Wildman–Crippen MR) is 144 cm³/mol.